The average molecular weight is 427 g/mol. The van der Waals surface area contributed by atoms with Crippen molar-refractivity contribution in [3.63, 3.8) is 0 Å². The molecule has 10 heteroatoms. The van der Waals surface area contributed by atoms with E-state index in [9.17, 15) is 8.78 Å². The Kier molecular flexibility index (Phi) is 5.64. The number of amidine groups is 1. The number of hydrogen-bond donors (Lipinski definition) is 3. The minimum absolute atomic E-state index is 0.0617. The highest BCUT2D eigenvalue weighted by atomic mass is 19.3. The van der Waals surface area contributed by atoms with E-state index in [0.717, 1.165) is 18.5 Å². The molecule has 2 aromatic heterocycles. The van der Waals surface area contributed by atoms with Crippen LogP contribution in [0.4, 0.5) is 20.5 Å². The number of pyridine rings is 1. The highest BCUT2D eigenvalue weighted by Crippen LogP contribution is 2.41. The molecule has 1 aromatic carbocycles. The number of halogens is 2. The van der Waals surface area contributed by atoms with Crippen LogP contribution in [0.15, 0.2) is 41.5 Å². The molecule has 1 aliphatic rings. The number of para-hydroxylation sites is 1. The highest BCUT2D eigenvalue weighted by Gasteiger charge is 2.34. The number of fused-ring (bicyclic) bond motifs is 1. The quantitative estimate of drug-likeness (QED) is 0.406. The van der Waals surface area contributed by atoms with Gasteiger partial charge in [0.25, 0.3) is 6.43 Å². The van der Waals surface area contributed by atoms with Crippen LogP contribution in [0.25, 0.3) is 10.9 Å². The Morgan fingerprint density at radius 2 is 1.97 bits per heavy atom. The van der Waals surface area contributed by atoms with Gasteiger partial charge in [-0.2, -0.15) is 4.98 Å². The number of hydrogen-bond acceptors (Lipinski definition) is 7. The first-order chi connectivity index (χ1) is 14.9. The van der Waals surface area contributed by atoms with Crippen molar-refractivity contribution >= 4 is 28.5 Å². The zero-order chi connectivity index (χ0) is 22.1. The summed E-state index contributed by atoms with van der Waals surface area (Å²) in [4.78, 5) is 17.3. The summed E-state index contributed by atoms with van der Waals surface area (Å²) in [7, 11) is 1.56. The number of alkyl halides is 2. The summed E-state index contributed by atoms with van der Waals surface area (Å²) in [6, 6.07) is 7.47. The molecule has 0 spiro atoms. The molecule has 0 bridgehead atoms. The van der Waals surface area contributed by atoms with Crippen LogP contribution >= 0.6 is 0 Å². The lowest BCUT2D eigenvalue weighted by molar-refractivity contribution is 0.116. The van der Waals surface area contributed by atoms with Crippen LogP contribution < -0.4 is 21.9 Å². The topological polar surface area (TPSA) is 138 Å². The third kappa shape index (κ3) is 4.11. The predicted octanol–water partition coefficient (Wildman–Crippen LogP) is 3.06. The number of nitrogens with two attached hydrogens (primary N) is 3. The highest BCUT2D eigenvalue weighted by molar-refractivity contribution is 5.96. The maximum atomic E-state index is 12.7. The lowest BCUT2D eigenvalue weighted by atomic mass is 9.72. The summed E-state index contributed by atoms with van der Waals surface area (Å²) in [5.74, 6) is 1.75. The van der Waals surface area contributed by atoms with Gasteiger partial charge >= 0.3 is 0 Å². The van der Waals surface area contributed by atoms with E-state index in [2.05, 4.69) is 19.9 Å². The molecule has 6 N–H and O–H groups in total. The van der Waals surface area contributed by atoms with Crippen molar-refractivity contribution in [2.45, 2.75) is 31.2 Å². The molecule has 0 aliphatic heterocycles. The Morgan fingerprint density at radius 1 is 1.19 bits per heavy atom. The summed E-state index contributed by atoms with van der Waals surface area (Å²) < 4.78 is 30.8. The van der Waals surface area contributed by atoms with Gasteiger partial charge in [-0.05, 0) is 36.6 Å². The molecule has 3 aromatic rings. The zero-order valence-corrected chi connectivity index (χ0v) is 16.9. The van der Waals surface area contributed by atoms with E-state index in [1.807, 2.05) is 12.1 Å². The molecular formula is C21H23F2N7O. The van der Waals surface area contributed by atoms with Gasteiger partial charge in [-0.25, -0.2) is 18.8 Å². The fraction of sp³-hybridized carbons (Fsp3) is 0.333. The molecule has 1 atom stereocenters. The number of methoxy groups -OCH3 is 1. The van der Waals surface area contributed by atoms with E-state index in [1.165, 1.54) is 6.20 Å². The first-order valence-corrected chi connectivity index (χ1v) is 9.81. The number of anilines is 1. The van der Waals surface area contributed by atoms with Crippen LogP contribution in [-0.4, -0.2) is 34.3 Å². The van der Waals surface area contributed by atoms with Crippen molar-refractivity contribution in [1.82, 2.24) is 15.0 Å². The van der Waals surface area contributed by atoms with E-state index in [-0.39, 0.29) is 17.8 Å². The second-order valence-electron chi connectivity index (χ2n) is 7.54. The van der Waals surface area contributed by atoms with E-state index in [0.29, 0.717) is 33.9 Å². The van der Waals surface area contributed by atoms with Crippen LogP contribution in [0.1, 0.15) is 36.1 Å². The molecule has 1 saturated carbocycles. The van der Waals surface area contributed by atoms with Crippen molar-refractivity contribution in [3.05, 3.63) is 47.8 Å². The largest absolute Gasteiger partial charge is 0.494 e. The van der Waals surface area contributed by atoms with Gasteiger partial charge in [-0.15, -0.1) is 0 Å². The standard InChI is InChI=1S/C21H23F2N7O/c1-31-15-4-2-3-13-17(15)28-21(26)30-20(13)29-19(25)12-7-11(8-12)14-6-5-10(9-27-14)16(24)18(22)23/h2-6,9,11-12,16,18H,7-8,24H2,1H3,(H4,25,26,28,29,30)/t11?,12?,16-/m1/s1. The van der Waals surface area contributed by atoms with Gasteiger partial charge in [-0.3, -0.25) is 4.98 Å². The summed E-state index contributed by atoms with van der Waals surface area (Å²) in [6.07, 6.45) is 0.304. The fourth-order valence-electron chi connectivity index (χ4n) is 3.69. The Bertz CT molecular complexity index is 1110. The summed E-state index contributed by atoms with van der Waals surface area (Å²) in [6.45, 7) is 0. The van der Waals surface area contributed by atoms with Crippen molar-refractivity contribution in [1.29, 1.82) is 0 Å². The SMILES string of the molecule is COc1cccc2c(N=C(N)C3CC(c4ccc([C@@H](N)C(F)F)cn4)C3)nc(N)nc12. The lowest BCUT2D eigenvalue weighted by Crippen LogP contribution is -2.34. The second-order valence-corrected chi connectivity index (χ2v) is 7.54. The van der Waals surface area contributed by atoms with E-state index < -0.39 is 12.5 Å². The summed E-state index contributed by atoms with van der Waals surface area (Å²) in [5.41, 5.74) is 19.3. The van der Waals surface area contributed by atoms with E-state index >= 15 is 0 Å². The predicted molar refractivity (Wildman–Crippen MR) is 114 cm³/mol. The van der Waals surface area contributed by atoms with E-state index in [1.54, 1.807) is 25.3 Å². The average Bonchev–Trinajstić information content (AvgIpc) is 2.72. The maximum absolute atomic E-state index is 12.7. The Balaban J connectivity index is 1.49. The van der Waals surface area contributed by atoms with Gasteiger partial charge in [0, 0.05) is 29.1 Å². The van der Waals surface area contributed by atoms with Crippen LogP contribution in [-0.2, 0) is 0 Å². The molecule has 4 rings (SSSR count). The molecular weight excluding hydrogens is 404 g/mol. The number of aliphatic imine (C=N–C) groups is 1. The Morgan fingerprint density at radius 3 is 2.61 bits per heavy atom. The molecule has 1 aliphatic carbocycles. The minimum atomic E-state index is -2.62. The maximum Gasteiger partial charge on any atom is 0.257 e. The van der Waals surface area contributed by atoms with Crippen LogP contribution in [0.3, 0.4) is 0 Å². The second kappa shape index (κ2) is 8.38. The van der Waals surface area contributed by atoms with E-state index in [4.69, 9.17) is 21.9 Å². The summed E-state index contributed by atoms with van der Waals surface area (Å²) in [5, 5.41) is 0.694. The normalized spacial score (nSPS) is 20.0. The van der Waals surface area contributed by atoms with Gasteiger partial charge in [-0.1, -0.05) is 12.1 Å². The number of benzene rings is 1. The molecule has 162 valence electrons. The van der Waals surface area contributed by atoms with Crippen LogP contribution in [0.2, 0.25) is 0 Å². The molecule has 31 heavy (non-hydrogen) atoms. The van der Waals surface area contributed by atoms with Gasteiger partial charge in [0.1, 0.15) is 17.1 Å². The molecule has 1 fully saturated rings. The van der Waals surface area contributed by atoms with Gasteiger partial charge < -0.3 is 21.9 Å². The smallest absolute Gasteiger partial charge is 0.257 e. The van der Waals surface area contributed by atoms with Crippen LogP contribution in [0.5, 0.6) is 5.75 Å². The third-order valence-electron chi connectivity index (χ3n) is 5.58. The lowest BCUT2D eigenvalue weighted by Gasteiger charge is -2.34. The van der Waals surface area contributed by atoms with Gasteiger partial charge in [0.2, 0.25) is 5.95 Å². The number of ether oxygens (including phenoxy) is 1. The Labute approximate surface area is 177 Å². The van der Waals surface area contributed by atoms with Gasteiger partial charge in [0.15, 0.2) is 5.82 Å². The number of aromatic nitrogens is 3. The molecule has 0 saturated heterocycles. The summed E-state index contributed by atoms with van der Waals surface area (Å²) >= 11 is 0. The van der Waals surface area contributed by atoms with Gasteiger partial charge in [0.05, 0.1) is 13.2 Å². The van der Waals surface area contributed by atoms with Crippen LogP contribution in [0, 0.1) is 5.92 Å². The Hall–Kier alpha value is -3.40. The molecule has 8 nitrogen and oxygen atoms in total. The fourth-order valence-corrected chi connectivity index (χ4v) is 3.69. The number of nitrogen functional groups attached to an aromatic ring is 1. The monoisotopic (exact) mass is 427 g/mol. The molecule has 0 radical (unpaired) electrons. The zero-order valence-electron chi connectivity index (χ0n) is 16.9. The third-order valence-corrected chi connectivity index (χ3v) is 5.58. The van der Waals surface area contributed by atoms with Crippen molar-refractivity contribution in [3.8, 4) is 5.75 Å². The van der Waals surface area contributed by atoms with Crippen molar-refractivity contribution in [2.24, 2.45) is 22.4 Å². The molecule has 2 heterocycles. The van der Waals surface area contributed by atoms with Crippen molar-refractivity contribution in [2.75, 3.05) is 12.8 Å². The minimum Gasteiger partial charge on any atom is -0.494 e. The number of nitrogens with zero attached hydrogens (tertiary/aromatic N) is 4. The molecule has 0 unspecified atom stereocenters. The van der Waals surface area contributed by atoms with Crippen molar-refractivity contribution < 1.29 is 13.5 Å². The first kappa shape index (κ1) is 20.9. The molecule has 0 amide bonds. The first-order valence-electron chi connectivity index (χ1n) is 9.81. The number of rotatable bonds is 6.